The molecule has 0 bridgehead atoms. The van der Waals surface area contributed by atoms with Gasteiger partial charge >= 0.3 is 0 Å². The first-order valence-corrected chi connectivity index (χ1v) is 6.41. The number of sulfonamides is 1. The molecule has 6 heteroatoms. The molecule has 0 unspecified atom stereocenters. The van der Waals surface area contributed by atoms with Crippen molar-refractivity contribution in [3.05, 3.63) is 29.8 Å². The number of benzene rings is 1. The third-order valence-electron chi connectivity index (χ3n) is 1.73. The Morgan fingerprint density at radius 1 is 1.40 bits per heavy atom. The monoisotopic (exact) mass is 249 g/mol. The molecule has 15 heavy (non-hydrogen) atoms. The summed E-state index contributed by atoms with van der Waals surface area (Å²) in [5.41, 5.74) is 1.27. The van der Waals surface area contributed by atoms with Gasteiger partial charge in [-0.3, -0.25) is 4.72 Å². The van der Waals surface area contributed by atoms with E-state index in [0.29, 0.717) is 12.3 Å². The summed E-state index contributed by atoms with van der Waals surface area (Å²) in [5, 5.41) is -0.464. The van der Waals surface area contributed by atoms with Crippen molar-refractivity contribution in [2.24, 2.45) is 0 Å². The second kappa shape index (κ2) is 5.34. The molecule has 4 nitrogen and oxygen atoms in total. The normalized spacial score (nSPS) is 11.3. The largest absolute Gasteiger partial charge is 0.380 e. The number of methoxy groups -OCH3 is 1. The van der Waals surface area contributed by atoms with Crippen LogP contribution in [-0.4, -0.2) is 20.7 Å². The maximum absolute atomic E-state index is 11.2. The first-order chi connectivity index (χ1) is 7.09. The summed E-state index contributed by atoms with van der Waals surface area (Å²) < 4.78 is 29.8. The number of rotatable bonds is 5. The standard InChI is InChI=1S/C9H12ClNO3S/c1-14-6-8-4-2-3-5-9(8)11-15(12,13)7-10/h2-5,11H,6-7H2,1H3. The molecule has 0 aliphatic carbocycles. The Kier molecular flexibility index (Phi) is 4.38. The van der Waals surface area contributed by atoms with Crippen LogP contribution in [0.25, 0.3) is 0 Å². The van der Waals surface area contributed by atoms with E-state index >= 15 is 0 Å². The third-order valence-corrected chi connectivity index (χ3v) is 3.41. The van der Waals surface area contributed by atoms with Crippen molar-refractivity contribution in [2.45, 2.75) is 6.61 Å². The number of halogens is 1. The fourth-order valence-corrected chi connectivity index (χ4v) is 1.85. The molecule has 0 radical (unpaired) electrons. The minimum atomic E-state index is -3.45. The second-order valence-corrected chi connectivity index (χ2v) is 5.22. The number of nitrogens with one attached hydrogen (secondary N) is 1. The van der Waals surface area contributed by atoms with Gasteiger partial charge in [-0.1, -0.05) is 18.2 Å². The maximum atomic E-state index is 11.2. The van der Waals surface area contributed by atoms with Crippen molar-refractivity contribution in [1.82, 2.24) is 0 Å². The summed E-state index contributed by atoms with van der Waals surface area (Å²) in [6.45, 7) is 0.348. The Balaban J connectivity index is 2.94. The molecule has 0 amide bonds. The van der Waals surface area contributed by atoms with Gasteiger partial charge in [0.1, 0.15) is 5.21 Å². The lowest BCUT2D eigenvalue weighted by Gasteiger charge is -2.10. The zero-order chi connectivity index (χ0) is 11.3. The number of ether oxygens (including phenoxy) is 1. The Morgan fingerprint density at radius 3 is 2.67 bits per heavy atom. The van der Waals surface area contributed by atoms with Gasteiger partial charge < -0.3 is 4.74 Å². The molecule has 0 aromatic heterocycles. The van der Waals surface area contributed by atoms with Gasteiger partial charge in [-0.2, -0.15) is 0 Å². The Labute approximate surface area is 94.3 Å². The zero-order valence-electron chi connectivity index (χ0n) is 8.23. The van der Waals surface area contributed by atoms with Gasteiger partial charge in [0, 0.05) is 12.7 Å². The number of alkyl halides is 1. The van der Waals surface area contributed by atoms with E-state index in [2.05, 4.69) is 4.72 Å². The maximum Gasteiger partial charge on any atom is 0.246 e. The van der Waals surface area contributed by atoms with Crippen LogP contribution in [0.4, 0.5) is 5.69 Å². The molecule has 1 N–H and O–H groups in total. The van der Waals surface area contributed by atoms with E-state index in [1.807, 2.05) is 6.07 Å². The third kappa shape index (κ3) is 3.70. The molecular weight excluding hydrogens is 238 g/mol. The molecule has 0 atom stereocenters. The summed E-state index contributed by atoms with van der Waals surface area (Å²) in [7, 11) is -1.91. The molecule has 0 saturated carbocycles. The van der Waals surface area contributed by atoms with Gasteiger partial charge in [0.05, 0.1) is 12.3 Å². The van der Waals surface area contributed by atoms with E-state index < -0.39 is 15.2 Å². The predicted molar refractivity (Wildman–Crippen MR) is 60.4 cm³/mol. The average Bonchev–Trinajstić information content (AvgIpc) is 2.21. The van der Waals surface area contributed by atoms with E-state index in [1.165, 1.54) is 0 Å². The highest BCUT2D eigenvalue weighted by Crippen LogP contribution is 2.17. The van der Waals surface area contributed by atoms with Crippen LogP contribution in [0.2, 0.25) is 0 Å². The number of hydrogen-bond donors (Lipinski definition) is 1. The number of hydrogen-bond acceptors (Lipinski definition) is 3. The zero-order valence-corrected chi connectivity index (χ0v) is 9.81. The molecule has 1 aromatic rings. The quantitative estimate of drug-likeness (QED) is 0.810. The van der Waals surface area contributed by atoms with E-state index in [-0.39, 0.29) is 0 Å². The fourth-order valence-electron chi connectivity index (χ4n) is 1.10. The molecule has 0 aliphatic rings. The van der Waals surface area contributed by atoms with Gasteiger partial charge in [-0.25, -0.2) is 8.42 Å². The fraction of sp³-hybridized carbons (Fsp3) is 0.333. The Hall–Kier alpha value is -0.780. The summed E-state index contributed by atoms with van der Waals surface area (Å²) in [4.78, 5) is 0. The summed E-state index contributed by atoms with van der Waals surface area (Å²) >= 11 is 5.29. The summed E-state index contributed by atoms with van der Waals surface area (Å²) in [5.74, 6) is 0. The highest BCUT2D eigenvalue weighted by Gasteiger charge is 2.10. The van der Waals surface area contributed by atoms with Crippen LogP contribution >= 0.6 is 11.6 Å². The number of anilines is 1. The van der Waals surface area contributed by atoms with Crippen molar-refractivity contribution in [3.8, 4) is 0 Å². The first-order valence-electron chi connectivity index (χ1n) is 4.22. The minimum Gasteiger partial charge on any atom is -0.380 e. The van der Waals surface area contributed by atoms with Crippen LogP contribution in [0.3, 0.4) is 0 Å². The molecular formula is C9H12ClNO3S. The van der Waals surface area contributed by atoms with Crippen LogP contribution in [-0.2, 0) is 21.4 Å². The van der Waals surface area contributed by atoms with Crippen LogP contribution < -0.4 is 4.72 Å². The van der Waals surface area contributed by atoms with Crippen molar-refractivity contribution in [2.75, 3.05) is 17.0 Å². The summed E-state index contributed by atoms with van der Waals surface area (Å²) in [6.07, 6.45) is 0. The van der Waals surface area contributed by atoms with Gasteiger partial charge in [-0.15, -0.1) is 11.6 Å². The molecule has 0 fully saturated rings. The van der Waals surface area contributed by atoms with E-state index in [4.69, 9.17) is 16.3 Å². The lowest BCUT2D eigenvalue weighted by molar-refractivity contribution is 0.185. The molecule has 0 heterocycles. The molecule has 0 aliphatic heterocycles. The van der Waals surface area contributed by atoms with Crippen LogP contribution in [0.1, 0.15) is 5.56 Å². The molecule has 0 spiro atoms. The van der Waals surface area contributed by atoms with E-state index in [0.717, 1.165) is 5.56 Å². The van der Waals surface area contributed by atoms with Crippen LogP contribution in [0.5, 0.6) is 0 Å². The predicted octanol–water partition coefficient (Wildman–Crippen LogP) is 1.77. The van der Waals surface area contributed by atoms with Gasteiger partial charge in [0.15, 0.2) is 0 Å². The highest BCUT2D eigenvalue weighted by molar-refractivity contribution is 7.93. The van der Waals surface area contributed by atoms with E-state index in [9.17, 15) is 8.42 Å². The Morgan fingerprint density at radius 2 is 2.07 bits per heavy atom. The van der Waals surface area contributed by atoms with Crippen molar-refractivity contribution >= 4 is 27.3 Å². The summed E-state index contributed by atoms with van der Waals surface area (Å²) in [6, 6.07) is 7.01. The van der Waals surface area contributed by atoms with Crippen LogP contribution in [0.15, 0.2) is 24.3 Å². The highest BCUT2D eigenvalue weighted by atomic mass is 35.5. The number of para-hydroxylation sites is 1. The molecule has 1 aromatic carbocycles. The van der Waals surface area contributed by atoms with Gasteiger partial charge in [0.25, 0.3) is 0 Å². The minimum absolute atomic E-state index is 0.348. The average molecular weight is 250 g/mol. The van der Waals surface area contributed by atoms with Crippen molar-refractivity contribution < 1.29 is 13.2 Å². The topological polar surface area (TPSA) is 55.4 Å². The van der Waals surface area contributed by atoms with Crippen molar-refractivity contribution in [3.63, 3.8) is 0 Å². The molecule has 0 saturated heterocycles. The molecule has 84 valence electrons. The Bertz CT molecular complexity index is 419. The smallest absolute Gasteiger partial charge is 0.246 e. The van der Waals surface area contributed by atoms with E-state index in [1.54, 1.807) is 25.3 Å². The lowest BCUT2D eigenvalue weighted by atomic mass is 10.2. The van der Waals surface area contributed by atoms with Crippen molar-refractivity contribution in [1.29, 1.82) is 0 Å². The van der Waals surface area contributed by atoms with Crippen LogP contribution in [0, 0.1) is 0 Å². The van der Waals surface area contributed by atoms with Gasteiger partial charge in [0.2, 0.25) is 10.0 Å². The lowest BCUT2D eigenvalue weighted by Crippen LogP contribution is -2.14. The second-order valence-electron chi connectivity index (χ2n) is 2.92. The SMILES string of the molecule is COCc1ccccc1NS(=O)(=O)CCl. The first kappa shape index (κ1) is 12.3. The molecule has 1 rings (SSSR count). The van der Waals surface area contributed by atoms with Gasteiger partial charge in [-0.05, 0) is 6.07 Å².